The van der Waals surface area contributed by atoms with Crippen molar-refractivity contribution in [3.05, 3.63) is 36.5 Å². The molecule has 0 aliphatic carbocycles. The first-order valence-electron chi connectivity index (χ1n) is 5.52. The third-order valence-corrected chi connectivity index (χ3v) is 4.08. The highest BCUT2D eigenvalue weighted by atomic mass is 35.5. The number of hydrogen-bond donors (Lipinski definition) is 1. The van der Waals surface area contributed by atoms with Crippen LogP contribution >= 0.6 is 11.6 Å². The van der Waals surface area contributed by atoms with Crippen molar-refractivity contribution in [1.29, 1.82) is 0 Å². The molecule has 0 spiro atoms. The summed E-state index contributed by atoms with van der Waals surface area (Å²) in [4.78, 5) is 4.18. The predicted octanol–water partition coefficient (Wildman–Crippen LogP) is 2.61. The van der Waals surface area contributed by atoms with Crippen LogP contribution in [0.15, 0.2) is 36.5 Å². The van der Waals surface area contributed by atoms with Crippen molar-refractivity contribution >= 4 is 38.2 Å². The van der Waals surface area contributed by atoms with Crippen molar-refractivity contribution in [2.75, 3.05) is 16.4 Å². The first-order valence-corrected chi connectivity index (χ1v) is 7.71. The Kier molecular flexibility index (Phi) is 4.04. The lowest BCUT2D eigenvalue weighted by Crippen LogP contribution is -2.17. The van der Waals surface area contributed by atoms with Crippen molar-refractivity contribution in [2.24, 2.45) is 0 Å². The fourth-order valence-corrected chi connectivity index (χ4v) is 3.09. The topological polar surface area (TPSA) is 59.1 Å². The molecule has 0 aliphatic heterocycles. The van der Waals surface area contributed by atoms with E-state index in [4.69, 9.17) is 11.6 Å². The van der Waals surface area contributed by atoms with Gasteiger partial charge in [-0.15, -0.1) is 11.6 Å². The number of pyridine rings is 1. The molecule has 1 aromatic carbocycles. The molecule has 2 aromatic rings. The molecule has 0 fully saturated rings. The zero-order valence-electron chi connectivity index (χ0n) is 9.64. The smallest absolute Gasteiger partial charge is 0.232 e. The summed E-state index contributed by atoms with van der Waals surface area (Å²) < 4.78 is 26.2. The van der Waals surface area contributed by atoms with E-state index in [1.807, 2.05) is 12.1 Å². The van der Waals surface area contributed by atoms with E-state index in [0.717, 1.165) is 10.9 Å². The first kappa shape index (κ1) is 13.1. The fraction of sp³-hybridized carbons (Fsp3) is 0.250. The zero-order chi connectivity index (χ0) is 13.0. The number of aromatic nitrogens is 1. The van der Waals surface area contributed by atoms with Crippen LogP contribution in [0.2, 0.25) is 0 Å². The van der Waals surface area contributed by atoms with E-state index < -0.39 is 10.0 Å². The highest BCUT2D eigenvalue weighted by molar-refractivity contribution is 7.92. The van der Waals surface area contributed by atoms with E-state index in [1.54, 1.807) is 24.4 Å². The molecule has 0 bridgehead atoms. The Morgan fingerprint density at radius 2 is 2.06 bits per heavy atom. The molecule has 1 aromatic heterocycles. The number of benzene rings is 1. The summed E-state index contributed by atoms with van der Waals surface area (Å²) in [6.07, 6.45) is 2.11. The number of alkyl halides is 1. The summed E-state index contributed by atoms with van der Waals surface area (Å²) in [5.41, 5.74) is 1.31. The lowest BCUT2D eigenvalue weighted by Gasteiger charge is -2.09. The largest absolute Gasteiger partial charge is 0.283 e. The minimum Gasteiger partial charge on any atom is -0.283 e. The molecule has 1 N–H and O–H groups in total. The Morgan fingerprint density at radius 1 is 1.22 bits per heavy atom. The molecule has 0 atom stereocenters. The molecule has 18 heavy (non-hydrogen) atoms. The van der Waals surface area contributed by atoms with Gasteiger partial charge in [0.15, 0.2) is 0 Å². The van der Waals surface area contributed by atoms with Gasteiger partial charge >= 0.3 is 0 Å². The van der Waals surface area contributed by atoms with Crippen LogP contribution in [0.25, 0.3) is 10.9 Å². The van der Waals surface area contributed by atoms with Gasteiger partial charge < -0.3 is 0 Å². The van der Waals surface area contributed by atoms with E-state index in [1.165, 1.54) is 0 Å². The average Bonchev–Trinajstić information content (AvgIpc) is 2.37. The normalized spacial score (nSPS) is 11.6. The Hall–Kier alpha value is -1.33. The molecule has 6 heteroatoms. The summed E-state index contributed by atoms with van der Waals surface area (Å²) in [6, 6.07) is 8.95. The Labute approximate surface area is 111 Å². The maximum Gasteiger partial charge on any atom is 0.232 e. The summed E-state index contributed by atoms with van der Waals surface area (Å²) in [5.74, 6) is 0.352. The monoisotopic (exact) mass is 284 g/mol. The molecule has 0 saturated carbocycles. The van der Waals surface area contributed by atoms with Gasteiger partial charge in [-0.1, -0.05) is 6.07 Å². The highest BCUT2D eigenvalue weighted by Gasteiger charge is 2.11. The third-order valence-electron chi connectivity index (χ3n) is 2.46. The van der Waals surface area contributed by atoms with Crippen molar-refractivity contribution in [1.82, 2.24) is 4.98 Å². The minimum absolute atomic E-state index is 0.0210. The number of anilines is 1. The SMILES string of the molecule is O=S(=O)(CCCCl)Nc1cccc2ncccc12. The summed E-state index contributed by atoms with van der Waals surface area (Å²) >= 11 is 5.50. The predicted molar refractivity (Wildman–Crippen MR) is 74.5 cm³/mol. The maximum atomic E-state index is 11.8. The molecule has 96 valence electrons. The minimum atomic E-state index is -3.35. The third kappa shape index (κ3) is 3.11. The molecular weight excluding hydrogens is 272 g/mol. The second-order valence-electron chi connectivity index (χ2n) is 3.84. The molecule has 0 unspecified atom stereocenters. The molecule has 0 saturated heterocycles. The summed E-state index contributed by atoms with van der Waals surface area (Å²) in [6.45, 7) is 0. The van der Waals surface area contributed by atoms with Gasteiger partial charge in [-0.2, -0.15) is 0 Å². The van der Waals surface area contributed by atoms with E-state index in [-0.39, 0.29) is 5.75 Å². The number of fused-ring (bicyclic) bond motifs is 1. The van der Waals surface area contributed by atoms with Crippen LogP contribution in [0, 0.1) is 0 Å². The molecule has 4 nitrogen and oxygen atoms in total. The van der Waals surface area contributed by atoms with E-state index in [2.05, 4.69) is 9.71 Å². The zero-order valence-corrected chi connectivity index (χ0v) is 11.2. The lowest BCUT2D eigenvalue weighted by molar-refractivity contribution is 0.600. The number of sulfonamides is 1. The van der Waals surface area contributed by atoms with Crippen LogP contribution in [0.1, 0.15) is 6.42 Å². The van der Waals surface area contributed by atoms with Crippen LogP contribution in [0.3, 0.4) is 0 Å². The van der Waals surface area contributed by atoms with Gasteiger partial charge in [0.1, 0.15) is 0 Å². The van der Waals surface area contributed by atoms with Crippen molar-refractivity contribution < 1.29 is 8.42 Å². The average molecular weight is 285 g/mol. The summed E-state index contributed by atoms with van der Waals surface area (Å²) in [7, 11) is -3.35. The van der Waals surface area contributed by atoms with Crippen LogP contribution in [0.4, 0.5) is 5.69 Å². The molecule has 0 aliphatic rings. The standard InChI is InChI=1S/C12H13ClN2O2S/c13-7-3-9-18(16,17)15-12-6-1-5-11-10(12)4-2-8-14-11/h1-2,4-6,8,15H,3,7,9H2. The van der Waals surface area contributed by atoms with Gasteiger partial charge in [0.2, 0.25) is 10.0 Å². The first-order chi connectivity index (χ1) is 8.62. The van der Waals surface area contributed by atoms with Crippen molar-refractivity contribution in [3.63, 3.8) is 0 Å². The molecule has 2 rings (SSSR count). The number of rotatable bonds is 5. The van der Waals surface area contributed by atoms with Crippen LogP contribution in [0.5, 0.6) is 0 Å². The maximum absolute atomic E-state index is 11.8. The van der Waals surface area contributed by atoms with Gasteiger partial charge in [0.25, 0.3) is 0 Å². The van der Waals surface area contributed by atoms with Crippen LogP contribution < -0.4 is 4.72 Å². The lowest BCUT2D eigenvalue weighted by atomic mass is 10.2. The van der Waals surface area contributed by atoms with Gasteiger partial charge in [0.05, 0.1) is 17.0 Å². The highest BCUT2D eigenvalue weighted by Crippen LogP contribution is 2.22. The van der Waals surface area contributed by atoms with Gasteiger partial charge in [-0.25, -0.2) is 8.42 Å². The Balaban J connectivity index is 2.32. The quantitative estimate of drug-likeness (QED) is 0.859. The number of nitrogens with one attached hydrogen (secondary N) is 1. The molecule has 1 heterocycles. The number of hydrogen-bond acceptors (Lipinski definition) is 3. The molecule has 0 radical (unpaired) electrons. The van der Waals surface area contributed by atoms with Crippen molar-refractivity contribution in [3.8, 4) is 0 Å². The Bertz CT molecular complexity index is 638. The van der Waals surface area contributed by atoms with E-state index in [9.17, 15) is 8.42 Å². The van der Waals surface area contributed by atoms with Gasteiger partial charge in [-0.05, 0) is 30.7 Å². The number of nitrogens with zero attached hydrogens (tertiary/aromatic N) is 1. The molecular formula is C12H13ClN2O2S. The number of halogens is 1. The fourth-order valence-electron chi connectivity index (χ4n) is 1.66. The Morgan fingerprint density at radius 3 is 2.83 bits per heavy atom. The summed E-state index contributed by atoms with van der Waals surface area (Å²) in [5, 5.41) is 0.787. The van der Waals surface area contributed by atoms with Gasteiger partial charge in [-0.3, -0.25) is 9.71 Å². The van der Waals surface area contributed by atoms with E-state index in [0.29, 0.717) is 18.0 Å². The van der Waals surface area contributed by atoms with Crippen LogP contribution in [-0.4, -0.2) is 25.0 Å². The second-order valence-corrected chi connectivity index (χ2v) is 6.06. The second kappa shape index (κ2) is 5.54. The van der Waals surface area contributed by atoms with Crippen molar-refractivity contribution in [2.45, 2.75) is 6.42 Å². The molecule has 0 amide bonds. The van der Waals surface area contributed by atoms with Crippen LogP contribution in [-0.2, 0) is 10.0 Å². The van der Waals surface area contributed by atoms with Gasteiger partial charge in [0, 0.05) is 17.5 Å². The van der Waals surface area contributed by atoms with E-state index >= 15 is 0 Å².